The molecule has 2 heterocycles. The third-order valence-corrected chi connectivity index (χ3v) is 7.67. The summed E-state index contributed by atoms with van der Waals surface area (Å²) in [5, 5.41) is 12.5. The number of para-hydroxylation sites is 1. The molecule has 2 aliphatic heterocycles. The first kappa shape index (κ1) is 26.2. The maximum Gasteiger partial charge on any atom is 0.357 e. The number of rotatable bonds is 8. The van der Waals surface area contributed by atoms with E-state index < -0.39 is 11.6 Å². The number of anilines is 1. The van der Waals surface area contributed by atoms with Crippen LogP contribution in [0.3, 0.4) is 0 Å². The molecule has 7 nitrogen and oxygen atoms in total. The molecule has 0 spiro atoms. The number of carbonyl (C=O) groups is 1. The van der Waals surface area contributed by atoms with Gasteiger partial charge in [-0.15, -0.1) is 11.6 Å². The largest absolute Gasteiger partial charge is 0.453 e. The van der Waals surface area contributed by atoms with Crippen molar-refractivity contribution in [1.82, 2.24) is 4.90 Å². The average Bonchev–Trinajstić information content (AvgIpc) is 2.86. The van der Waals surface area contributed by atoms with Gasteiger partial charge in [0.05, 0.1) is 31.8 Å². The fourth-order valence-electron chi connectivity index (χ4n) is 4.64. The van der Waals surface area contributed by atoms with E-state index in [9.17, 15) is 4.79 Å². The van der Waals surface area contributed by atoms with Crippen LogP contribution < -0.4 is 5.32 Å². The van der Waals surface area contributed by atoms with Gasteiger partial charge in [0.2, 0.25) is 0 Å². The van der Waals surface area contributed by atoms with Gasteiger partial charge in [0.1, 0.15) is 11.3 Å². The quantitative estimate of drug-likeness (QED) is 0.303. The molecule has 2 fully saturated rings. The number of halogens is 2. The Hall–Kier alpha value is -1.90. The highest BCUT2D eigenvalue weighted by Crippen LogP contribution is 2.30. The zero-order valence-corrected chi connectivity index (χ0v) is 21.5. The highest BCUT2D eigenvalue weighted by molar-refractivity contribution is 6.43. The zero-order chi connectivity index (χ0) is 24.8. The van der Waals surface area contributed by atoms with Gasteiger partial charge in [0.15, 0.2) is 0 Å². The molecule has 1 aromatic carbocycles. The number of alkyl halides is 1. The van der Waals surface area contributed by atoms with Crippen LogP contribution in [0.25, 0.3) is 0 Å². The summed E-state index contributed by atoms with van der Waals surface area (Å²) in [5.74, 6) is -0.454. The highest BCUT2D eigenvalue weighted by Gasteiger charge is 2.39. The van der Waals surface area contributed by atoms with Crippen LogP contribution in [0.2, 0.25) is 0 Å². The monoisotopic (exact) mass is 521 g/mol. The molecule has 2 atom stereocenters. The lowest BCUT2D eigenvalue weighted by molar-refractivity contribution is -0.165. The lowest BCUT2D eigenvalue weighted by Gasteiger charge is -2.41. The Morgan fingerprint density at radius 3 is 2.60 bits per heavy atom. The number of nitrogens with zero attached hydrogens (tertiary/aromatic N) is 1. The second kappa shape index (κ2) is 11.9. The second-order valence-corrected chi connectivity index (χ2v) is 10.3. The summed E-state index contributed by atoms with van der Waals surface area (Å²) < 4.78 is 17.1. The van der Waals surface area contributed by atoms with Gasteiger partial charge in [-0.3, -0.25) is 10.3 Å². The van der Waals surface area contributed by atoms with Crippen molar-refractivity contribution < 1.29 is 19.0 Å². The van der Waals surface area contributed by atoms with Gasteiger partial charge in [-0.05, 0) is 23.6 Å². The predicted molar refractivity (Wildman–Crippen MR) is 139 cm³/mol. The minimum Gasteiger partial charge on any atom is -0.453 e. The predicted octanol–water partition coefficient (Wildman–Crippen LogP) is 4.20. The third kappa shape index (κ3) is 6.66. The molecule has 3 aliphatic rings. The maximum absolute atomic E-state index is 13.2. The van der Waals surface area contributed by atoms with Crippen molar-refractivity contribution in [3.8, 4) is 0 Å². The smallest absolute Gasteiger partial charge is 0.357 e. The lowest BCUT2D eigenvalue weighted by Crippen LogP contribution is -2.53. The molecule has 2 saturated heterocycles. The molecule has 190 valence electrons. The Morgan fingerprint density at radius 1 is 1.17 bits per heavy atom. The van der Waals surface area contributed by atoms with Crippen LogP contribution in [-0.4, -0.2) is 80.2 Å². The molecule has 0 radical (unpaired) electrons. The normalized spacial score (nSPS) is 24.8. The van der Waals surface area contributed by atoms with Gasteiger partial charge >= 0.3 is 5.97 Å². The Balaban J connectivity index is 1.45. The number of ether oxygens (including phenoxy) is 3. The van der Waals surface area contributed by atoms with Crippen molar-refractivity contribution in [1.29, 1.82) is 5.41 Å². The van der Waals surface area contributed by atoms with E-state index >= 15 is 0 Å². The summed E-state index contributed by atoms with van der Waals surface area (Å²) in [7, 11) is 0. The standard InChI is InChI=1S/C26H33Cl2N3O4/c1-18-14-19(22(28)15-21(18)27)16-30-23-5-3-2-4-20(23)24(29)25(32)35-26(6-10-33-11-7-26)17-31-8-12-34-13-9-31/h2-5,14-15,18,21,29-30H,6-13,16-17H2,1H3. The molecule has 2 unspecified atom stereocenters. The van der Waals surface area contributed by atoms with Crippen LogP contribution in [0.4, 0.5) is 5.69 Å². The van der Waals surface area contributed by atoms with Crippen molar-refractivity contribution >= 4 is 40.6 Å². The summed E-state index contributed by atoms with van der Waals surface area (Å²) in [6.07, 6.45) is 5.12. The summed E-state index contributed by atoms with van der Waals surface area (Å²) in [5.41, 5.74) is 1.27. The maximum atomic E-state index is 13.2. The molecule has 1 aromatic rings. The molecular weight excluding hydrogens is 489 g/mol. The lowest BCUT2D eigenvalue weighted by atomic mass is 9.92. The fourth-order valence-corrected chi connectivity index (χ4v) is 5.17. The van der Waals surface area contributed by atoms with Gasteiger partial charge in [-0.1, -0.05) is 42.8 Å². The first-order valence-electron chi connectivity index (χ1n) is 12.1. The average molecular weight is 522 g/mol. The van der Waals surface area contributed by atoms with Crippen molar-refractivity contribution in [2.45, 2.75) is 30.7 Å². The van der Waals surface area contributed by atoms with Crippen LogP contribution in [0.15, 0.2) is 47.0 Å². The van der Waals surface area contributed by atoms with Crippen LogP contribution in [0.5, 0.6) is 0 Å². The van der Waals surface area contributed by atoms with E-state index in [-0.39, 0.29) is 17.0 Å². The topological polar surface area (TPSA) is 83.9 Å². The van der Waals surface area contributed by atoms with E-state index in [1.807, 2.05) is 31.2 Å². The van der Waals surface area contributed by atoms with Gasteiger partial charge in [0.25, 0.3) is 0 Å². The van der Waals surface area contributed by atoms with Crippen molar-refractivity contribution in [3.05, 3.63) is 52.6 Å². The number of carbonyl (C=O) groups excluding carboxylic acids is 1. The van der Waals surface area contributed by atoms with Crippen LogP contribution in [0.1, 0.15) is 25.3 Å². The molecule has 9 heteroatoms. The summed E-state index contributed by atoms with van der Waals surface area (Å²) >= 11 is 12.7. The molecule has 0 aromatic heterocycles. The molecule has 0 bridgehead atoms. The second-order valence-electron chi connectivity index (χ2n) is 9.36. The zero-order valence-electron chi connectivity index (χ0n) is 20.0. The molecule has 4 rings (SSSR count). The molecule has 1 aliphatic carbocycles. The van der Waals surface area contributed by atoms with Crippen molar-refractivity contribution in [3.63, 3.8) is 0 Å². The molecular formula is C26H33Cl2N3O4. The van der Waals surface area contributed by atoms with Gasteiger partial charge in [-0.25, -0.2) is 4.79 Å². The van der Waals surface area contributed by atoms with Gasteiger partial charge < -0.3 is 19.5 Å². The Kier molecular flexibility index (Phi) is 8.89. The molecule has 0 saturated carbocycles. The van der Waals surface area contributed by atoms with E-state index in [1.165, 1.54) is 0 Å². The van der Waals surface area contributed by atoms with Crippen LogP contribution in [0, 0.1) is 11.3 Å². The van der Waals surface area contributed by atoms with Crippen LogP contribution >= 0.6 is 23.2 Å². The van der Waals surface area contributed by atoms with Gasteiger partial charge in [-0.2, -0.15) is 0 Å². The molecule has 0 amide bonds. The van der Waals surface area contributed by atoms with Crippen LogP contribution in [-0.2, 0) is 19.0 Å². The first-order chi connectivity index (χ1) is 16.9. The number of nitrogens with one attached hydrogen (secondary N) is 2. The van der Waals surface area contributed by atoms with Crippen molar-refractivity contribution in [2.75, 3.05) is 57.9 Å². The number of morpholine rings is 1. The van der Waals surface area contributed by atoms with E-state index in [2.05, 4.69) is 16.3 Å². The molecule has 35 heavy (non-hydrogen) atoms. The number of benzene rings is 1. The van der Waals surface area contributed by atoms with E-state index in [0.717, 1.165) is 18.7 Å². The molecule has 2 N–H and O–H groups in total. The summed E-state index contributed by atoms with van der Waals surface area (Å²) in [6.45, 7) is 7.16. The summed E-state index contributed by atoms with van der Waals surface area (Å²) in [6, 6.07) is 7.29. The highest BCUT2D eigenvalue weighted by atomic mass is 35.5. The number of allylic oxidation sites excluding steroid dienone is 2. The van der Waals surface area contributed by atoms with E-state index in [4.69, 9.17) is 42.8 Å². The Bertz CT molecular complexity index is 985. The SMILES string of the molecule is CC1C=C(CNc2ccccc2C(=N)C(=O)OC2(CN3CCOCC3)CCOCC2)C(Cl)=CC1Cl. The van der Waals surface area contributed by atoms with E-state index in [1.54, 1.807) is 6.07 Å². The Morgan fingerprint density at radius 2 is 1.86 bits per heavy atom. The van der Waals surface area contributed by atoms with Gasteiger partial charge in [0, 0.05) is 55.3 Å². The summed E-state index contributed by atoms with van der Waals surface area (Å²) in [4.78, 5) is 15.5. The Labute approximate surface area is 216 Å². The van der Waals surface area contributed by atoms with E-state index in [0.29, 0.717) is 68.6 Å². The van der Waals surface area contributed by atoms with Crippen molar-refractivity contribution in [2.24, 2.45) is 5.92 Å². The number of hydrogen-bond donors (Lipinski definition) is 2. The minimum absolute atomic E-state index is 0.128. The first-order valence-corrected chi connectivity index (χ1v) is 12.9. The number of hydrogen-bond acceptors (Lipinski definition) is 7. The minimum atomic E-state index is -0.666. The number of esters is 1. The fraction of sp³-hybridized carbons (Fsp3) is 0.538. The third-order valence-electron chi connectivity index (χ3n) is 6.78.